The van der Waals surface area contributed by atoms with Crippen LogP contribution in [0.25, 0.3) is 0 Å². The first-order valence-corrected chi connectivity index (χ1v) is 5.76. The Bertz CT molecular complexity index is 496. The van der Waals surface area contributed by atoms with E-state index >= 15 is 0 Å². The lowest BCUT2D eigenvalue weighted by Gasteiger charge is -2.08. The molecule has 0 saturated carbocycles. The Morgan fingerprint density at radius 1 is 1.67 bits per heavy atom. The molecule has 98 valence electrons. The van der Waals surface area contributed by atoms with Gasteiger partial charge in [0, 0.05) is 0 Å². The van der Waals surface area contributed by atoms with Gasteiger partial charge in [0.15, 0.2) is 0 Å². The van der Waals surface area contributed by atoms with E-state index in [1.807, 2.05) is 0 Å². The number of aromatic nitrogens is 1. The van der Waals surface area contributed by atoms with Crippen molar-refractivity contribution < 1.29 is 23.2 Å². The van der Waals surface area contributed by atoms with Gasteiger partial charge in [-0.05, 0) is 39.4 Å². The first-order valence-electron chi connectivity index (χ1n) is 4.68. The average molecular weight is 372 g/mol. The second-order valence-corrected chi connectivity index (χ2v) is 4.08. The molecule has 0 amide bonds. The van der Waals surface area contributed by atoms with Crippen molar-refractivity contribution in [2.45, 2.75) is 13.3 Å². The molecular weight excluding hydrogens is 365 g/mol. The van der Waals surface area contributed by atoms with Crippen LogP contribution in [0.4, 0.5) is 14.6 Å². The third kappa shape index (κ3) is 2.89. The Kier molecular flexibility index (Phi) is 4.87. The molecule has 1 rings (SSSR count). The highest BCUT2D eigenvalue weighted by atomic mass is 127. The normalized spacial score (nSPS) is 10.5. The minimum absolute atomic E-state index is 0.0201. The Labute approximate surface area is 114 Å². The predicted molar refractivity (Wildman–Crippen MR) is 64.5 cm³/mol. The summed E-state index contributed by atoms with van der Waals surface area (Å²) in [6.45, 7) is 1.48. The molecule has 0 aromatic carbocycles. The summed E-state index contributed by atoms with van der Waals surface area (Å²) in [5.74, 6) is -1.68. The van der Waals surface area contributed by atoms with Crippen LogP contribution in [0.5, 0.6) is 0 Å². The molecule has 0 atom stereocenters. The van der Waals surface area contributed by atoms with Crippen molar-refractivity contribution >= 4 is 34.4 Å². The molecule has 0 aliphatic rings. The van der Waals surface area contributed by atoms with E-state index in [2.05, 4.69) is 9.72 Å². The molecular formula is C9H7F2IN2O4. The maximum atomic E-state index is 12.7. The fraction of sp³-hybridized carbons (Fsp3) is 0.333. The summed E-state index contributed by atoms with van der Waals surface area (Å²) in [5, 5.41) is 10.6. The summed E-state index contributed by atoms with van der Waals surface area (Å²) < 4.78 is 29.8. The Hall–Kier alpha value is -1.39. The van der Waals surface area contributed by atoms with E-state index in [9.17, 15) is 23.7 Å². The molecule has 1 heterocycles. The molecule has 0 bridgehead atoms. The summed E-state index contributed by atoms with van der Waals surface area (Å²) in [5.41, 5.74) is -1.18. The molecule has 0 N–H and O–H groups in total. The van der Waals surface area contributed by atoms with E-state index in [0.717, 1.165) is 0 Å². The van der Waals surface area contributed by atoms with Crippen LogP contribution in [0.2, 0.25) is 0 Å². The molecule has 18 heavy (non-hydrogen) atoms. The lowest BCUT2D eigenvalue weighted by molar-refractivity contribution is -0.390. The molecule has 0 saturated heterocycles. The monoisotopic (exact) mass is 372 g/mol. The number of hydrogen-bond acceptors (Lipinski definition) is 5. The number of nitrogens with zero attached hydrogens (tertiary/aromatic N) is 2. The quantitative estimate of drug-likeness (QED) is 0.351. The van der Waals surface area contributed by atoms with E-state index < -0.39 is 34.3 Å². The van der Waals surface area contributed by atoms with Gasteiger partial charge < -0.3 is 14.9 Å². The van der Waals surface area contributed by atoms with Crippen molar-refractivity contribution in [3.05, 3.63) is 31.0 Å². The van der Waals surface area contributed by atoms with Gasteiger partial charge in [0.2, 0.25) is 0 Å². The first kappa shape index (κ1) is 14.7. The molecule has 9 heteroatoms. The van der Waals surface area contributed by atoms with E-state index in [-0.39, 0.29) is 10.2 Å². The summed E-state index contributed by atoms with van der Waals surface area (Å²) >= 11 is 1.43. The summed E-state index contributed by atoms with van der Waals surface area (Å²) in [4.78, 5) is 24.6. The van der Waals surface area contributed by atoms with Gasteiger partial charge in [-0.1, -0.05) is 0 Å². The molecule has 0 radical (unpaired) electrons. The number of pyridine rings is 1. The fourth-order valence-electron chi connectivity index (χ4n) is 1.19. The molecule has 0 fully saturated rings. The summed E-state index contributed by atoms with van der Waals surface area (Å²) in [6, 6.07) is 0. The molecule has 1 aromatic heterocycles. The number of esters is 1. The standard InChI is InChI=1S/C9H7F2IN2O4/c1-2-18-9(15)5-4(7(10)11)3-13-8(6(5)12)14(16)17/h3,7H,2H2,1H3. The number of halogens is 3. The van der Waals surface area contributed by atoms with Gasteiger partial charge in [-0.15, -0.1) is 0 Å². The number of alkyl halides is 2. The largest absolute Gasteiger partial charge is 0.462 e. The van der Waals surface area contributed by atoms with Gasteiger partial charge >= 0.3 is 11.8 Å². The van der Waals surface area contributed by atoms with Crippen molar-refractivity contribution in [1.82, 2.24) is 4.98 Å². The van der Waals surface area contributed by atoms with Crippen LogP contribution in [-0.2, 0) is 4.74 Å². The van der Waals surface area contributed by atoms with Gasteiger partial charge in [0.1, 0.15) is 9.77 Å². The molecule has 0 aliphatic carbocycles. The van der Waals surface area contributed by atoms with Crippen LogP contribution in [-0.4, -0.2) is 22.5 Å². The van der Waals surface area contributed by atoms with Gasteiger partial charge in [-0.3, -0.25) is 0 Å². The smallest absolute Gasteiger partial charge is 0.377 e. The van der Waals surface area contributed by atoms with Gasteiger partial charge in [-0.25, -0.2) is 13.6 Å². The number of carbonyl (C=O) groups excluding carboxylic acids is 1. The fourth-order valence-corrected chi connectivity index (χ4v) is 2.06. The highest BCUT2D eigenvalue weighted by Crippen LogP contribution is 2.31. The summed E-state index contributed by atoms with van der Waals surface area (Å²) in [6.07, 6.45) is -2.34. The third-order valence-corrected chi connectivity index (χ3v) is 2.94. The molecule has 6 nitrogen and oxygen atoms in total. The molecule has 1 aromatic rings. The minimum Gasteiger partial charge on any atom is -0.462 e. The Morgan fingerprint density at radius 2 is 2.28 bits per heavy atom. The van der Waals surface area contributed by atoms with Gasteiger partial charge in [0.25, 0.3) is 6.43 Å². The number of ether oxygens (including phenoxy) is 1. The van der Waals surface area contributed by atoms with Crippen LogP contribution < -0.4 is 0 Å². The van der Waals surface area contributed by atoms with Gasteiger partial charge in [-0.2, -0.15) is 0 Å². The lowest BCUT2D eigenvalue weighted by Crippen LogP contribution is -2.13. The highest BCUT2D eigenvalue weighted by molar-refractivity contribution is 14.1. The van der Waals surface area contributed by atoms with Crippen LogP contribution in [0, 0.1) is 13.7 Å². The number of rotatable bonds is 4. The Morgan fingerprint density at radius 3 is 2.72 bits per heavy atom. The number of nitro groups is 1. The van der Waals surface area contributed by atoms with Crippen molar-refractivity contribution in [3.63, 3.8) is 0 Å². The zero-order chi connectivity index (χ0) is 13.9. The molecule has 0 aliphatic heterocycles. The topological polar surface area (TPSA) is 82.3 Å². The van der Waals surface area contributed by atoms with Crippen molar-refractivity contribution in [1.29, 1.82) is 0 Å². The van der Waals surface area contributed by atoms with Crippen LogP contribution in [0.3, 0.4) is 0 Å². The van der Waals surface area contributed by atoms with E-state index in [1.165, 1.54) is 29.5 Å². The van der Waals surface area contributed by atoms with Crippen LogP contribution in [0.15, 0.2) is 6.20 Å². The third-order valence-electron chi connectivity index (χ3n) is 1.92. The second-order valence-electron chi connectivity index (χ2n) is 3.00. The summed E-state index contributed by atoms with van der Waals surface area (Å²) in [7, 11) is 0. The zero-order valence-corrected chi connectivity index (χ0v) is 11.2. The average Bonchev–Trinajstić information content (AvgIpc) is 2.27. The number of hydrogen-bond donors (Lipinski definition) is 0. The van der Waals surface area contributed by atoms with E-state index in [4.69, 9.17) is 0 Å². The second kappa shape index (κ2) is 5.98. The lowest BCUT2D eigenvalue weighted by atomic mass is 10.1. The van der Waals surface area contributed by atoms with E-state index in [1.54, 1.807) is 0 Å². The van der Waals surface area contributed by atoms with Crippen molar-refractivity contribution in [3.8, 4) is 0 Å². The van der Waals surface area contributed by atoms with Gasteiger partial charge in [0.05, 0.1) is 17.7 Å². The Balaban J connectivity index is 3.45. The minimum atomic E-state index is -2.97. The van der Waals surface area contributed by atoms with Crippen LogP contribution in [0.1, 0.15) is 29.3 Å². The maximum absolute atomic E-state index is 12.7. The van der Waals surface area contributed by atoms with Crippen molar-refractivity contribution in [2.75, 3.05) is 6.61 Å². The van der Waals surface area contributed by atoms with Crippen molar-refractivity contribution in [2.24, 2.45) is 0 Å². The van der Waals surface area contributed by atoms with Crippen LogP contribution >= 0.6 is 22.6 Å². The molecule has 0 unspecified atom stereocenters. The predicted octanol–water partition coefficient (Wildman–Crippen LogP) is 2.71. The van der Waals surface area contributed by atoms with E-state index in [0.29, 0.717) is 6.20 Å². The molecule has 0 spiro atoms. The zero-order valence-electron chi connectivity index (χ0n) is 9.02. The maximum Gasteiger partial charge on any atom is 0.377 e. The first-order chi connectivity index (χ1) is 8.40. The highest BCUT2D eigenvalue weighted by Gasteiger charge is 2.30. The SMILES string of the molecule is CCOC(=O)c1c(C(F)F)cnc([N+](=O)[O-])c1I. The number of carbonyl (C=O) groups is 1.